The predicted molar refractivity (Wildman–Crippen MR) is 127 cm³/mol. The summed E-state index contributed by atoms with van der Waals surface area (Å²) in [5, 5.41) is 0. The number of nitrogens with zero attached hydrogens (tertiary/aromatic N) is 3. The second-order valence-electron chi connectivity index (χ2n) is 7.53. The molecule has 162 valence electrons. The Balaban J connectivity index is 1.74. The molecule has 3 aromatic rings. The highest BCUT2D eigenvalue weighted by Crippen LogP contribution is 2.29. The van der Waals surface area contributed by atoms with Gasteiger partial charge in [-0.1, -0.05) is 12.1 Å². The maximum Gasteiger partial charge on any atom is 0.282 e. The Bertz CT molecular complexity index is 1170. The zero-order chi connectivity index (χ0) is 22.7. The van der Waals surface area contributed by atoms with Crippen LogP contribution in [0, 0.1) is 5.82 Å². The van der Waals surface area contributed by atoms with Crippen LogP contribution in [-0.2, 0) is 4.79 Å². The number of halogens is 1. The van der Waals surface area contributed by atoms with Gasteiger partial charge in [0.05, 0.1) is 12.3 Å². The number of carbonyl (C=O) groups is 1. The van der Waals surface area contributed by atoms with Gasteiger partial charge < -0.3 is 9.64 Å². The molecule has 0 atom stereocenters. The molecule has 32 heavy (non-hydrogen) atoms. The molecule has 0 unspecified atom stereocenters. The molecule has 0 saturated heterocycles. The summed E-state index contributed by atoms with van der Waals surface area (Å²) in [5.74, 6) is 0.587. The molecule has 3 aromatic carbocycles. The van der Waals surface area contributed by atoms with Crippen LogP contribution in [0.1, 0.15) is 18.1 Å². The number of hydrogen-bond donors (Lipinski definition) is 0. The van der Waals surface area contributed by atoms with Crippen LogP contribution in [0.3, 0.4) is 0 Å². The van der Waals surface area contributed by atoms with Gasteiger partial charge in [-0.05, 0) is 79.2 Å². The monoisotopic (exact) mass is 429 g/mol. The summed E-state index contributed by atoms with van der Waals surface area (Å²) >= 11 is 0. The number of ether oxygens (including phenoxy) is 1. The maximum atomic E-state index is 13.5. The third kappa shape index (κ3) is 4.39. The van der Waals surface area contributed by atoms with Gasteiger partial charge in [-0.25, -0.2) is 9.38 Å². The number of aliphatic imine (C=N–C) groups is 1. The lowest BCUT2D eigenvalue weighted by molar-refractivity contribution is -0.113. The first-order chi connectivity index (χ1) is 15.5. The van der Waals surface area contributed by atoms with Crippen molar-refractivity contribution < 1.29 is 13.9 Å². The van der Waals surface area contributed by atoms with Crippen LogP contribution in [0.25, 0.3) is 6.08 Å². The molecule has 5 nitrogen and oxygen atoms in total. The van der Waals surface area contributed by atoms with Crippen molar-refractivity contribution in [3.8, 4) is 5.75 Å². The van der Waals surface area contributed by atoms with Crippen molar-refractivity contribution in [2.24, 2.45) is 4.99 Å². The second-order valence-corrected chi connectivity index (χ2v) is 7.53. The SMILES string of the molecule is CCOc1ccc(N2C(=O)/C(=C\c3ccc(N(C)C)cc3)N=C2c2ccc(F)cc2)cc1. The van der Waals surface area contributed by atoms with Crippen molar-refractivity contribution in [2.45, 2.75) is 6.92 Å². The normalized spacial score (nSPS) is 14.6. The van der Waals surface area contributed by atoms with E-state index in [0.717, 1.165) is 17.0 Å². The molecule has 0 aromatic heterocycles. The highest BCUT2D eigenvalue weighted by atomic mass is 19.1. The van der Waals surface area contributed by atoms with Crippen LogP contribution in [0.4, 0.5) is 15.8 Å². The van der Waals surface area contributed by atoms with E-state index in [1.807, 2.05) is 74.4 Å². The molecule has 0 spiro atoms. The third-order valence-corrected chi connectivity index (χ3v) is 5.08. The average Bonchev–Trinajstić information content (AvgIpc) is 3.11. The fourth-order valence-corrected chi connectivity index (χ4v) is 3.43. The lowest BCUT2D eigenvalue weighted by Gasteiger charge is -2.19. The van der Waals surface area contributed by atoms with Gasteiger partial charge in [0.1, 0.15) is 23.1 Å². The van der Waals surface area contributed by atoms with E-state index in [-0.39, 0.29) is 11.7 Å². The predicted octanol–water partition coefficient (Wildman–Crippen LogP) is 5.12. The van der Waals surface area contributed by atoms with E-state index in [4.69, 9.17) is 4.74 Å². The summed E-state index contributed by atoms with van der Waals surface area (Å²) in [7, 11) is 3.95. The van der Waals surface area contributed by atoms with Gasteiger partial charge in [-0.15, -0.1) is 0 Å². The van der Waals surface area contributed by atoms with Crippen LogP contribution in [-0.4, -0.2) is 32.4 Å². The number of hydrogen-bond acceptors (Lipinski definition) is 4. The zero-order valence-electron chi connectivity index (χ0n) is 18.2. The Labute approximate surface area is 187 Å². The van der Waals surface area contributed by atoms with Crippen molar-refractivity contribution >= 4 is 29.2 Å². The average molecular weight is 429 g/mol. The zero-order valence-corrected chi connectivity index (χ0v) is 18.2. The molecule has 1 aliphatic rings. The summed E-state index contributed by atoms with van der Waals surface area (Å²) < 4.78 is 19.0. The molecule has 4 rings (SSSR count). The van der Waals surface area contributed by atoms with Crippen LogP contribution in [0.15, 0.2) is 83.5 Å². The fraction of sp³-hybridized carbons (Fsp3) is 0.154. The van der Waals surface area contributed by atoms with Gasteiger partial charge in [-0.2, -0.15) is 0 Å². The topological polar surface area (TPSA) is 45.1 Å². The molecule has 1 amide bonds. The summed E-state index contributed by atoms with van der Waals surface area (Å²) in [6, 6.07) is 21.1. The van der Waals surface area contributed by atoms with Crippen LogP contribution in [0.5, 0.6) is 5.75 Å². The van der Waals surface area contributed by atoms with Gasteiger partial charge in [0.2, 0.25) is 0 Å². The molecule has 0 radical (unpaired) electrons. The Kier molecular flexibility index (Phi) is 6.03. The van der Waals surface area contributed by atoms with Crippen LogP contribution >= 0.6 is 0 Å². The summed E-state index contributed by atoms with van der Waals surface area (Å²) in [4.78, 5) is 21.6. The number of amides is 1. The molecule has 6 heteroatoms. The quantitative estimate of drug-likeness (QED) is 0.511. The Morgan fingerprint density at radius 2 is 1.62 bits per heavy atom. The largest absolute Gasteiger partial charge is 0.494 e. The summed E-state index contributed by atoms with van der Waals surface area (Å²) in [6.07, 6.45) is 1.76. The molecule has 1 heterocycles. The summed E-state index contributed by atoms with van der Waals surface area (Å²) in [6.45, 7) is 2.48. The number of rotatable bonds is 6. The van der Waals surface area contributed by atoms with E-state index in [0.29, 0.717) is 29.4 Å². The first-order valence-corrected chi connectivity index (χ1v) is 10.4. The molecular weight excluding hydrogens is 405 g/mol. The Hall–Kier alpha value is -3.93. The third-order valence-electron chi connectivity index (χ3n) is 5.08. The minimum atomic E-state index is -0.344. The highest BCUT2D eigenvalue weighted by Gasteiger charge is 2.32. The van der Waals surface area contributed by atoms with Gasteiger partial charge in [0, 0.05) is 25.3 Å². The molecular formula is C26H24FN3O2. The van der Waals surface area contributed by atoms with E-state index >= 15 is 0 Å². The minimum absolute atomic E-state index is 0.245. The fourth-order valence-electron chi connectivity index (χ4n) is 3.43. The smallest absolute Gasteiger partial charge is 0.282 e. The molecule has 1 aliphatic heterocycles. The van der Waals surface area contributed by atoms with Gasteiger partial charge in [0.15, 0.2) is 0 Å². The Morgan fingerprint density at radius 1 is 0.969 bits per heavy atom. The van der Waals surface area contributed by atoms with Crippen molar-refractivity contribution in [3.63, 3.8) is 0 Å². The molecule has 0 bridgehead atoms. The molecule has 0 saturated carbocycles. The Morgan fingerprint density at radius 3 is 2.22 bits per heavy atom. The first-order valence-electron chi connectivity index (χ1n) is 10.4. The number of amidine groups is 1. The highest BCUT2D eigenvalue weighted by molar-refractivity contribution is 6.33. The van der Waals surface area contributed by atoms with E-state index in [1.54, 1.807) is 23.1 Å². The van der Waals surface area contributed by atoms with Crippen molar-refractivity contribution in [3.05, 3.63) is 95.4 Å². The first kappa shape index (κ1) is 21.3. The van der Waals surface area contributed by atoms with E-state index < -0.39 is 0 Å². The molecule has 0 N–H and O–H groups in total. The van der Waals surface area contributed by atoms with E-state index in [2.05, 4.69) is 4.99 Å². The number of carbonyl (C=O) groups excluding carboxylic acids is 1. The van der Waals surface area contributed by atoms with E-state index in [9.17, 15) is 9.18 Å². The summed E-state index contributed by atoms with van der Waals surface area (Å²) in [5.41, 5.74) is 3.56. The van der Waals surface area contributed by atoms with Crippen molar-refractivity contribution in [1.29, 1.82) is 0 Å². The standard InChI is InChI=1S/C26H24FN3O2/c1-4-32-23-15-13-22(14-16-23)30-25(19-7-9-20(27)10-8-19)28-24(26(30)31)17-18-5-11-21(12-6-18)29(2)3/h5-17H,4H2,1-3H3/b24-17+. The van der Waals surface area contributed by atoms with Crippen molar-refractivity contribution in [2.75, 3.05) is 30.5 Å². The lowest BCUT2D eigenvalue weighted by Crippen LogP contribution is -2.32. The lowest BCUT2D eigenvalue weighted by atomic mass is 10.1. The second kappa shape index (κ2) is 9.06. The van der Waals surface area contributed by atoms with E-state index in [1.165, 1.54) is 12.1 Å². The number of benzene rings is 3. The van der Waals surface area contributed by atoms with Gasteiger partial charge in [-0.3, -0.25) is 9.69 Å². The number of anilines is 2. The minimum Gasteiger partial charge on any atom is -0.494 e. The van der Waals surface area contributed by atoms with Crippen molar-refractivity contribution in [1.82, 2.24) is 0 Å². The van der Waals surface area contributed by atoms with Gasteiger partial charge >= 0.3 is 0 Å². The molecule has 0 fully saturated rings. The van der Waals surface area contributed by atoms with Gasteiger partial charge in [0.25, 0.3) is 5.91 Å². The molecule has 0 aliphatic carbocycles. The van der Waals surface area contributed by atoms with Crippen LogP contribution in [0.2, 0.25) is 0 Å². The van der Waals surface area contributed by atoms with Crippen LogP contribution < -0.4 is 14.5 Å². The maximum absolute atomic E-state index is 13.5.